The minimum atomic E-state index is -0.558. The van der Waals surface area contributed by atoms with Gasteiger partial charge in [0.15, 0.2) is 0 Å². The Bertz CT molecular complexity index is 876. The summed E-state index contributed by atoms with van der Waals surface area (Å²) in [6.07, 6.45) is 5.46. The Kier molecular flexibility index (Phi) is 5.10. The van der Waals surface area contributed by atoms with Crippen LogP contribution in [0.1, 0.15) is 65.8 Å². The van der Waals surface area contributed by atoms with E-state index in [9.17, 15) is 5.11 Å². The highest BCUT2D eigenvalue weighted by atomic mass is 16.3. The smallest absolute Gasteiger partial charge is 0.137 e. The minimum Gasteiger partial charge on any atom is -0.392 e. The first-order valence-electron chi connectivity index (χ1n) is 9.61. The van der Waals surface area contributed by atoms with Crippen LogP contribution >= 0.6 is 0 Å². The zero-order chi connectivity index (χ0) is 18.8. The van der Waals surface area contributed by atoms with E-state index in [0.717, 1.165) is 12.1 Å². The van der Waals surface area contributed by atoms with Gasteiger partial charge in [0.05, 0.1) is 6.61 Å². The Morgan fingerprint density at radius 3 is 2.04 bits per heavy atom. The zero-order valence-corrected chi connectivity index (χ0v) is 15.6. The average Bonchev–Trinajstić information content (AvgIpc) is 3.11. The highest BCUT2D eigenvalue weighted by Gasteiger charge is 2.31. The summed E-state index contributed by atoms with van der Waals surface area (Å²) < 4.78 is 2.00. The first-order chi connectivity index (χ1) is 13.1. The van der Waals surface area contributed by atoms with Gasteiger partial charge in [-0.2, -0.15) is 0 Å². The van der Waals surface area contributed by atoms with Gasteiger partial charge >= 0.3 is 0 Å². The number of hydrogen-bond acceptors (Lipinski definition) is 3. The van der Waals surface area contributed by atoms with Gasteiger partial charge in [0.1, 0.15) is 11.9 Å². The molecule has 0 amide bonds. The molecule has 1 aliphatic carbocycles. The van der Waals surface area contributed by atoms with Crippen LogP contribution in [0.15, 0.2) is 60.9 Å². The summed E-state index contributed by atoms with van der Waals surface area (Å²) in [5.41, 5.74) is 4.98. The zero-order valence-electron chi connectivity index (χ0n) is 15.6. The van der Waals surface area contributed by atoms with Crippen LogP contribution in [-0.4, -0.2) is 19.8 Å². The number of nitrogens with zero attached hydrogens (tertiary/aromatic N) is 2. The lowest BCUT2D eigenvalue weighted by Gasteiger charge is -2.36. The van der Waals surface area contributed by atoms with Crippen molar-refractivity contribution in [2.75, 3.05) is 0 Å². The van der Waals surface area contributed by atoms with E-state index in [4.69, 9.17) is 5.11 Å². The van der Waals surface area contributed by atoms with Gasteiger partial charge in [-0.05, 0) is 53.9 Å². The SMILES string of the molecule is CC(O)c1nccn1Cc1ccc([C@H]2C[C@@H](c3ccc(CO)cc3)C2)cc1. The van der Waals surface area contributed by atoms with Crippen molar-refractivity contribution in [3.63, 3.8) is 0 Å². The molecule has 2 N–H and O–H groups in total. The van der Waals surface area contributed by atoms with Gasteiger partial charge in [0.2, 0.25) is 0 Å². The molecule has 4 rings (SSSR count). The molecule has 0 aliphatic heterocycles. The molecule has 0 spiro atoms. The molecule has 1 fully saturated rings. The van der Waals surface area contributed by atoms with Crippen molar-refractivity contribution in [2.24, 2.45) is 0 Å². The van der Waals surface area contributed by atoms with Crippen LogP contribution < -0.4 is 0 Å². The molecule has 1 unspecified atom stereocenters. The molecule has 1 saturated carbocycles. The molecule has 1 atom stereocenters. The van der Waals surface area contributed by atoms with Gasteiger partial charge in [-0.15, -0.1) is 0 Å². The minimum absolute atomic E-state index is 0.109. The Hall–Kier alpha value is -2.43. The first-order valence-corrected chi connectivity index (χ1v) is 9.61. The molecule has 140 valence electrons. The van der Waals surface area contributed by atoms with E-state index in [1.54, 1.807) is 13.1 Å². The third-order valence-corrected chi connectivity index (χ3v) is 5.70. The topological polar surface area (TPSA) is 58.3 Å². The Labute approximate surface area is 160 Å². The van der Waals surface area contributed by atoms with Gasteiger partial charge in [0, 0.05) is 18.9 Å². The molecule has 27 heavy (non-hydrogen) atoms. The third-order valence-electron chi connectivity index (χ3n) is 5.70. The lowest BCUT2D eigenvalue weighted by Crippen LogP contribution is -2.20. The normalized spacial score (nSPS) is 20.3. The fraction of sp³-hybridized carbons (Fsp3) is 0.348. The van der Waals surface area contributed by atoms with Crippen LogP contribution in [0.4, 0.5) is 0 Å². The van der Waals surface area contributed by atoms with E-state index in [-0.39, 0.29) is 6.61 Å². The summed E-state index contributed by atoms with van der Waals surface area (Å²) in [6, 6.07) is 17.2. The quantitative estimate of drug-likeness (QED) is 0.693. The molecular weight excluding hydrogens is 336 g/mol. The lowest BCUT2D eigenvalue weighted by molar-refractivity contribution is 0.184. The average molecular weight is 362 g/mol. The predicted octanol–water partition coefficient (Wildman–Crippen LogP) is 4.14. The van der Waals surface area contributed by atoms with Crippen LogP contribution in [0.25, 0.3) is 0 Å². The Balaban J connectivity index is 1.36. The van der Waals surface area contributed by atoms with Gasteiger partial charge in [0.25, 0.3) is 0 Å². The highest BCUT2D eigenvalue weighted by Crippen LogP contribution is 2.47. The maximum Gasteiger partial charge on any atom is 0.137 e. The lowest BCUT2D eigenvalue weighted by atomic mass is 9.68. The number of hydrogen-bond donors (Lipinski definition) is 2. The molecule has 4 nitrogen and oxygen atoms in total. The molecule has 1 aromatic heterocycles. The summed E-state index contributed by atoms with van der Waals surface area (Å²) in [5.74, 6) is 1.96. The van der Waals surface area contributed by atoms with Crippen LogP contribution in [-0.2, 0) is 13.2 Å². The number of benzene rings is 2. The Morgan fingerprint density at radius 2 is 1.52 bits per heavy atom. The van der Waals surface area contributed by atoms with E-state index in [1.165, 1.54) is 29.5 Å². The van der Waals surface area contributed by atoms with Gasteiger partial charge in [-0.3, -0.25) is 0 Å². The standard InChI is InChI=1S/C23H26N2O2/c1-16(27)23-24-10-11-25(23)14-17-2-6-19(7-3-17)21-12-22(13-21)20-8-4-18(15-26)5-9-20/h2-11,16,21-22,26-27H,12-15H2,1H3/t16?,21-,22+. The molecule has 0 radical (unpaired) electrons. The molecule has 1 heterocycles. The summed E-state index contributed by atoms with van der Waals surface area (Å²) in [7, 11) is 0. The van der Waals surface area contributed by atoms with E-state index in [0.29, 0.717) is 17.7 Å². The third kappa shape index (κ3) is 3.82. The Morgan fingerprint density at radius 1 is 0.963 bits per heavy atom. The second-order valence-electron chi connectivity index (χ2n) is 7.60. The molecule has 1 aliphatic rings. The van der Waals surface area contributed by atoms with Crippen LogP contribution in [0.2, 0.25) is 0 Å². The van der Waals surface area contributed by atoms with Crippen molar-refractivity contribution in [3.05, 3.63) is 89.0 Å². The molecule has 0 saturated heterocycles. The summed E-state index contributed by atoms with van der Waals surface area (Å²) in [6.45, 7) is 2.58. The van der Waals surface area contributed by atoms with E-state index in [1.807, 2.05) is 22.9 Å². The van der Waals surface area contributed by atoms with E-state index >= 15 is 0 Å². The van der Waals surface area contributed by atoms with Crippen molar-refractivity contribution in [2.45, 2.75) is 50.9 Å². The fourth-order valence-electron chi connectivity index (χ4n) is 3.97. The van der Waals surface area contributed by atoms with Crippen molar-refractivity contribution >= 4 is 0 Å². The largest absolute Gasteiger partial charge is 0.392 e. The monoisotopic (exact) mass is 362 g/mol. The summed E-state index contributed by atoms with van der Waals surface area (Å²) in [4.78, 5) is 4.23. The first kappa shape index (κ1) is 18.0. The van der Waals surface area contributed by atoms with Gasteiger partial charge in [-0.25, -0.2) is 4.98 Å². The maximum atomic E-state index is 9.78. The molecule has 3 aromatic rings. The summed E-state index contributed by atoms with van der Waals surface area (Å²) in [5, 5.41) is 18.9. The van der Waals surface area contributed by atoms with Crippen molar-refractivity contribution < 1.29 is 10.2 Å². The second kappa shape index (κ2) is 7.67. The van der Waals surface area contributed by atoms with Gasteiger partial charge < -0.3 is 14.8 Å². The van der Waals surface area contributed by atoms with Crippen molar-refractivity contribution in [1.29, 1.82) is 0 Å². The van der Waals surface area contributed by atoms with E-state index in [2.05, 4.69) is 41.4 Å². The van der Waals surface area contributed by atoms with Crippen molar-refractivity contribution in [3.8, 4) is 0 Å². The maximum absolute atomic E-state index is 9.78. The number of aliphatic hydroxyl groups excluding tert-OH is 2. The predicted molar refractivity (Wildman–Crippen MR) is 105 cm³/mol. The van der Waals surface area contributed by atoms with Crippen LogP contribution in [0.5, 0.6) is 0 Å². The molecule has 4 heteroatoms. The summed E-state index contributed by atoms with van der Waals surface area (Å²) >= 11 is 0. The van der Waals surface area contributed by atoms with Crippen LogP contribution in [0, 0.1) is 0 Å². The molecule has 0 bridgehead atoms. The van der Waals surface area contributed by atoms with Crippen molar-refractivity contribution in [1.82, 2.24) is 9.55 Å². The second-order valence-corrected chi connectivity index (χ2v) is 7.60. The number of imidazole rings is 1. The van der Waals surface area contributed by atoms with Crippen LogP contribution in [0.3, 0.4) is 0 Å². The van der Waals surface area contributed by atoms with E-state index < -0.39 is 6.10 Å². The molecular formula is C23H26N2O2. The highest BCUT2D eigenvalue weighted by molar-refractivity contribution is 5.32. The number of aliphatic hydroxyl groups is 2. The number of rotatable bonds is 6. The number of aromatic nitrogens is 2. The molecule has 2 aromatic carbocycles. The fourth-order valence-corrected chi connectivity index (χ4v) is 3.97. The van der Waals surface area contributed by atoms with Gasteiger partial charge in [-0.1, -0.05) is 48.5 Å².